The van der Waals surface area contributed by atoms with E-state index in [1.807, 2.05) is 0 Å². The molecule has 0 aliphatic carbocycles. The normalized spacial score (nSPS) is 11.6. The highest BCUT2D eigenvalue weighted by Crippen LogP contribution is 2.36. The monoisotopic (exact) mass is 361 g/mol. The molecule has 0 aliphatic heterocycles. The number of anilines is 1. The molecule has 1 aromatic heterocycles. The Morgan fingerprint density at radius 2 is 1.76 bits per heavy atom. The van der Waals surface area contributed by atoms with Gasteiger partial charge in [0.05, 0.1) is 39.6 Å². The van der Waals surface area contributed by atoms with Crippen LogP contribution in [-0.4, -0.2) is 55.7 Å². The van der Waals surface area contributed by atoms with Crippen molar-refractivity contribution in [3.05, 3.63) is 18.0 Å². The van der Waals surface area contributed by atoms with Crippen LogP contribution in [0.4, 0.5) is 19.0 Å². The van der Waals surface area contributed by atoms with Crippen LogP contribution in [0.3, 0.4) is 0 Å². The molecule has 10 heteroatoms. The molecular weight excluding hydrogens is 343 g/mol. The summed E-state index contributed by atoms with van der Waals surface area (Å²) in [5.41, 5.74) is 0.0683. The number of hydrogen-bond donors (Lipinski definition) is 2. The summed E-state index contributed by atoms with van der Waals surface area (Å²) in [7, 11) is 2.80. The fourth-order valence-corrected chi connectivity index (χ4v) is 2.13. The molecule has 0 unspecified atom stereocenters. The number of benzene rings is 1. The topological polar surface area (TPSA) is 85.7 Å². The summed E-state index contributed by atoms with van der Waals surface area (Å²) in [4.78, 5) is 7.15. The van der Waals surface area contributed by atoms with Gasteiger partial charge >= 0.3 is 6.18 Å². The number of aliphatic hydroxyl groups is 1. The fourth-order valence-electron chi connectivity index (χ4n) is 2.13. The van der Waals surface area contributed by atoms with E-state index in [1.165, 1.54) is 26.4 Å². The number of rotatable bonds is 8. The van der Waals surface area contributed by atoms with Gasteiger partial charge in [-0.05, 0) is 6.07 Å². The number of alkyl halides is 3. The lowest BCUT2D eigenvalue weighted by atomic mass is 10.2. The molecular formula is C15H18F3N3O4. The lowest BCUT2D eigenvalue weighted by molar-refractivity contribution is -0.144. The summed E-state index contributed by atoms with van der Waals surface area (Å²) in [5, 5.41) is 11.8. The number of halogens is 3. The van der Waals surface area contributed by atoms with Crippen molar-refractivity contribution in [2.24, 2.45) is 0 Å². The first kappa shape index (κ1) is 19.0. The Bertz CT molecular complexity index is 725. The molecule has 0 radical (unpaired) electrons. The summed E-state index contributed by atoms with van der Waals surface area (Å²) >= 11 is 0. The number of methoxy groups -OCH3 is 2. The van der Waals surface area contributed by atoms with Crippen molar-refractivity contribution in [3.63, 3.8) is 0 Å². The van der Waals surface area contributed by atoms with E-state index in [4.69, 9.17) is 19.3 Å². The summed E-state index contributed by atoms with van der Waals surface area (Å²) < 4.78 is 54.5. The van der Waals surface area contributed by atoms with E-state index in [1.54, 1.807) is 0 Å². The third-order valence-corrected chi connectivity index (χ3v) is 3.23. The lowest BCUT2D eigenvalue weighted by Gasteiger charge is -2.14. The largest absolute Gasteiger partial charge is 0.493 e. The SMILES string of the molecule is COc1cc2nc(C(F)(F)F)nc(NCCOCCO)c2cc1OC. The van der Waals surface area contributed by atoms with Gasteiger partial charge in [0.15, 0.2) is 11.5 Å². The average molecular weight is 361 g/mol. The molecule has 0 spiro atoms. The highest BCUT2D eigenvalue weighted by molar-refractivity contribution is 5.91. The fraction of sp³-hybridized carbons (Fsp3) is 0.467. The first-order chi connectivity index (χ1) is 11.9. The second-order valence-electron chi connectivity index (χ2n) is 4.88. The third-order valence-electron chi connectivity index (χ3n) is 3.23. The predicted molar refractivity (Wildman–Crippen MR) is 84.0 cm³/mol. The Hall–Kier alpha value is -2.33. The van der Waals surface area contributed by atoms with Gasteiger partial charge in [0, 0.05) is 18.0 Å². The van der Waals surface area contributed by atoms with Gasteiger partial charge in [-0.3, -0.25) is 0 Å². The summed E-state index contributed by atoms with van der Waals surface area (Å²) in [6, 6.07) is 2.86. The molecule has 1 heterocycles. The van der Waals surface area contributed by atoms with Crippen molar-refractivity contribution >= 4 is 16.7 Å². The molecule has 1 aromatic carbocycles. The van der Waals surface area contributed by atoms with Crippen molar-refractivity contribution in [2.45, 2.75) is 6.18 Å². The maximum Gasteiger partial charge on any atom is 0.451 e. The van der Waals surface area contributed by atoms with Crippen molar-refractivity contribution in [1.82, 2.24) is 9.97 Å². The highest BCUT2D eigenvalue weighted by atomic mass is 19.4. The molecule has 0 fully saturated rings. The molecule has 0 bridgehead atoms. The number of nitrogens with one attached hydrogen (secondary N) is 1. The average Bonchev–Trinajstić information content (AvgIpc) is 2.59. The van der Waals surface area contributed by atoms with E-state index < -0.39 is 12.0 Å². The lowest BCUT2D eigenvalue weighted by Crippen LogP contribution is -2.16. The summed E-state index contributed by atoms with van der Waals surface area (Å²) in [6.07, 6.45) is -4.69. The molecule has 0 atom stereocenters. The van der Waals surface area contributed by atoms with Gasteiger partial charge in [-0.2, -0.15) is 13.2 Å². The number of nitrogens with zero attached hydrogens (tertiary/aromatic N) is 2. The third kappa shape index (κ3) is 4.60. The van der Waals surface area contributed by atoms with E-state index >= 15 is 0 Å². The van der Waals surface area contributed by atoms with Crippen molar-refractivity contribution in [1.29, 1.82) is 0 Å². The van der Waals surface area contributed by atoms with Gasteiger partial charge in [-0.1, -0.05) is 0 Å². The zero-order valence-electron chi connectivity index (χ0n) is 13.7. The van der Waals surface area contributed by atoms with Crippen LogP contribution >= 0.6 is 0 Å². The second-order valence-corrected chi connectivity index (χ2v) is 4.88. The maximum atomic E-state index is 13.1. The quantitative estimate of drug-likeness (QED) is 0.696. The minimum absolute atomic E-state index is 0.00544. The zero-order valence-corrected chi connectivity index (χ0v) is 13.7. The smallest absolute Gasteiger partial charge is 0.451 e. The van der Waals surface area contributed by atoms with Crippen molar-refractivity contribution in [2.75, 3.05) is 45.9 Å². The van der Waals surface area contributed by atoms with E-state index in [0.29, 0.717) is 11.1 Å². The van der Waals surface area contributed by atoms with Gasteiger partial charge in [0.25, 0.3) is 0 Å². The van der Waals surface area contributed by atoms with Crippen molar-refractivity contribution in [3.8, 4) is 11.5 Å². The van der Waals surface area contributed by atoms with Gasteiger partial charge in [0.1, 0.15) is 5.82 Å². The first-order valence-corrected chi connectivity index (χ1v) is 7.34. The Kier molecular flexibility index (Phi) is 6.21. The summed E-state index contributed by atoms with van der Waals surface area (Å²) in [5.74, 6) is -0.645. The van der Waals surface area contributed by atoms with Crippen LogP contribution < -0.4 is 14.8 Å². The molecule has 0 saturated carbocycles. The standard InChI is InChI=1S/C15H18F3N3O4/c1-23-11-7-9-10(8-12(11)24-2)20-14(15(16,17)18)21-13(9)19-3-5-25-6-4-22/h7-8,22H,3-6H2,1-2H3,(H,19,20,21). The number of aliphatic hydroxyl groups excluding tert-OH is 1. The molecule has 0 aliphatic rings. The van der Waals surface area contributed by atoms with Crippen LogP contribution in [0.2, 0.25) is 0 Å². The minimum Gasteiger partial charge on any atom is -0.493 e. The van der Waals surface area contributed by atoms with Crippen LogP contribution in [-0.2, 0) is 10.9 Å². The maximum absolute atomic E-state index is 13.1. The number of fused-ring (bicyclic) bond motifs is 1. The van der Waals surface area contributed by atoms with Gasteiger partial charge in [0.2, 0.25) is 5.82 Å². The number of hydrogen-bond acceptors (Lipinski definition) is 7. The molecule has 7 nitrogen and oxygen atoms in total. The van der Waals surface area contributed by atoms with E-state index in [0.717, 1.165) is 0 Å². The molecule has 0 amide bonds. The van der Waals surface area contributed by atoms with Crippen LogP contribution in [0.25, 0.3) is 10.9 Å². The molecule has 0 saturated heterocycles. The van der Waals surface area contributed by atoms with Crippen LogP contribution in [0.5, 0.6) is 11.5 Å². The second kappa shape index (κ2) is 8.17. The van der Waals surface area contributed by atoms with E-state index in [2.05, 4.69) is 15.3 Å². The Morgan fingerprint density at radius 3 is 2.36 bits per heavy atom. The van der Waals surface area contributed by atoms with Crippen LogP contribution in [0, 0.1) is 0 Å². The highest BCUT2D eigenvalue weighted by Gasteiger charge is 2.35. The van der Waals surface area contributed by atoms with Crippen molar-refractivity contribution < 1.29 is 32.5 Å². The Balaban J connectivity index is 2.44. The minimum atomic E-state index is -4.69. The van der Waals surface area contributed by atoms with E-state index in [9.17, 15) is 13.2 Å². The van der Waals surface area contributed by atoms with Crippen LogP contribution in [0.1, 0.15) is 5.82 Å². The molecule has 25 heavy (non-hydrogen) atoms. The van der Waals surface area contributed by atoms with Crippen LogP contribution in [0.15, 0.2) is 12.1 Å². The van der Waals surface area contributed by atoms with Gasteiger partial charge < -0.3 is 24.6 Å². The zero-order chi connectivity index (χ0) is 18.4. The Labute approximate surface area is 141 Å². The molecule has 138 valence electrons. The molecule has 2 rings (SSSR count). The van der Waals surface area contributed by atoms with Gasteiger partial charge in [-0.15, -0.1) is 0 Å². The van der Waals surface area contributed by atoms with Gasteiger partial charge in [-0.25, -0.2) is 9.97 Å². The predicted octanol–water partition coefficient (Wildman–Crippen LogP) is 2.09. The number of ether oxygens (including phenoxy) is 3. The molecule has 2 aromatic rings. The summed E-state index contributed by atoms with van der Waals surface area (Å²) in [6.45, 7) is 0.412. The number of aromatic nitrogens is 2. The first-order valence-electron chi connectivity index (χ1n) is 7.34. The molecule has 2 N–H and O–H groups in total. The van der Waals surface area contributed by atoms with E-state index in [-0.39, 0.29) is 43.4 Å². The Morgan fingerprint density at radius 1 is 1.08 bits per heavy atom.